The van der Waals surface area contributed by atoms with Crippen LogP contribution in [0.3, 0.4) is 0 Å². The number of hydrogen-bond acceptors (Lipinski definition) is 6. The maximum Gasteiger partial charge on any atom is 0.274 e. The van der Waals surface area contributed by atoms with Crippen molar-refractivity contribution < 1.29 is 14.5 Å². The van der Waals surface area contributed by atoms with Crippen molar-refractivity contribution in [3.05, 3.63) is 79.8 Å². The predicted molar refractivity (Wildman–Crippen MR) is 103 cm³/mol. The highest BCUT2D eigenvalue weighted by molar-refractivity contribution is 7.09. The Balaban J connectivity index is 1.72. The summed E-state index contributed by atoms with van der Waals surface area (Å²) in [5.41, 5.74) is 2.00. The van der Waals surface area contributed by atoms with Gasteiger partial charge in [-0.1, -0.05) is 12.1 Å². The van der Waals surface area contributed by atoms with E-state index in [1.165, 1.54) is 12.1 Å². The van der Waals surface area contributed by atoms with Gasteiger partial charge in [-0.05, 0) is 38.1 Å². The van der Waals surface area contributed by atoms with E-state index in [1.54, 1.807) is 48.6 Å². The van der Waals surface area contributed by atoms with Crippen LogP contribution in [0.1, 0.15) is 26.6 Å². The van der Waals surface area contributed by atoms with Crippen LogP contribution < -0.4 is 10.1 Å². The Morgan fingerprint density at radius 3 is 2.74 bits per heavy atom. The van der Waals surface area contributed by atoms with E-state index >= 15 is 0 Å². The third kappa shape index (κ3) is 4.48. The molecule has 0 fully saturated rings. The van der Waals surface area contributed by atoms with Gasteiger partial charge in [-0.25, -0.2) is 4.98 Å². The smallest absolute Gasteiger partial charge is 0.274 e. The lowest BCUT2D eigenvalue weighted by Gasteiger charge is -2.10. The normalized spacial score (nSPS) is 10.4. The largest absolute Gasteiger partial charge is 0.487 e. The molecule has 3 aromatic rings. The number of anilines is 1. The second kappa shape index (κ2) is 7.96. The van der Waals surface area contributed by atoms with Crippen LogP contribution in [0, 0.1) is 24.0 Å². The monoisotopic (exact) mass is 383 g/mol. The molecule has 0 spiro atoms. The van der Waals surface area contributed by atoms with Gasteiger partial charge in [0.2, 0.25) is 0 Å². The fraction of sp³-hybridized carbons (Fsp3) is 0.158. The Morgan fingerprint density at radius 1 is 1.26 bits per heavy atom. The summed E-state index contributed by atoms with van der Waals surface area (Å²) in [6.07, 6.45) is 0. The Hall–Kier alpha value is -3.26. The van der Waals surface area contributed by atoms with Crippen molar-refractivity contribution >= 4 is 28.6 Å². The van der Waals surface area contributed by atoms with E-state index in [0.29, 0.717) is 29.2 Å². The molecule has 2 aromatic carbocycles. The van der Waals surface area contributed by atoms with Gasteiger partial charge in [0.25, 0.3) is 11.6 Å². The predicted octanol–water partition coefficient (Wildman–Crippen LogP) is 4.50. The average molecular weight is 383 g/mol. The molecule has 0 saturated carbocycles. The number of aryl methyl sites for hydroxylation is 1. The quantitative estimate of drug-likeness (QED) is 0.499. The molecular weight excluding hydrogens is 366 g/mol. The summed E-state index contributed by atoms with van der Waals surface area (Å²) in [4.78, 5) is 27.4. The van der Waals surface area contributed by atoms with Crippen LogP contribution in [0.15, 0.2) is 47.8 Å². The van der Waals surface area contributed by atoms with Crippen LogP contribution in [0.4, 0.5) is 11.4 Å². The summed E-state index contributed by atoms with van der Waals surface area (Å²) in [5, 5.41) is 16.6. The number of aromatic nitrogens is 1. The lowest BCUT2D eigenvalue weighted by molar-refractivity contribution is -0.385. The highest BCUT2D eigenvalue weighted by atomic mass is 32.1. The van der Waals surface area contributed by atoms with E-state index in [1.807, 2.05) is 12.3 Å². The molecular formula is C19H17N3O4S. The van der Waals surface area contributed by atoms with Crippen LogP contribution >= 0.6 is 11.3 Å². The summed E-state index contributed by atoms with van der Waals surface area (Å²) >= 11 is 1.55. The first-order chi connectivity index (χ1) is 12.9. The molecule has 0 atom stereocenters. The van der Waals surface area contributed by atoms with Gasteiger partial charge in [-0.2, -0.15) is 0 Å². The molecule has 0 unspecified atom stereocenters. The molecule has 1 heterocycles. The number of ether oxygens (including phenoxy) is 1. The van der Waals surface area contributed by atoms with Gasteiger partial charge in [0.1, 0.15) is 12.4 Å². The minimum Gasteiger partial charge on any atom is -0.487 e. The van der Waals surface area contributed by atoms with E-state index in [-0.39, 0.29) is 11.6 Å². The molecule has 0 aliphatic rings. The van der Waals surface area contributed by atoms with Gasteiger partial charge in [0.15, 0.2) is 0 Å². The number of hydrogen-bond donors (Lipinski definition) is 1. The topological polar surface area (TPSA) is 94.4 Å². The van der Waals surface area contributed by atoms with E-state index in [9.17, 15) is 14.9 Å². The van der Waals surface area contributed by atoms with Crippen molar-refractivity contribution in [2.75, 3.05) is 5.32 Å². The van der Waals surface area contributed by atoms with Crippen molar-refractivity contribution in [2.45, 2.75) is 20.5 Å². The molecule has 0 aliphatic heterocycles. The highest BCUT2D eigenvalue weighted by Crippen LogP contribution is 2.26. The summed E-state index contributed by atoms with van der Waals surface area (Å²) < 4.78 is 5.70. The second-order valence-corrected chi connectivity index (χ2v) is 6.90. The van der Waals surface area contributed by atoms with E-state index < -0.39 is 4.92 Å². The van der Waals surface area contributed by atoms with Crippen molar-refractivity contribution in [1.82, 2.24) is 4.98 Å². The highest BCUT2D eigenvalue weighted by Gasteiger charge is 2.15. The maximum atomic E-state index is 12.5. The molecule has 8 heteroatoms. The van der Waals surface area contributed by atoms with Crippen molar-refractivity contribution in [3.8, 4) is 5.75 Å². The zero-order valence-corrected chi connectivity index (χ0v) is 15.6. The minimum atomic E-state index is -0.473. The molecule has 0 aliphatic carbocycles. The minimum absolute atomic E-state index is 0.0385. The first kappa shape index (κ1) is 18.5. The van der Waals surface area contributed by atoms with Gasteiger partial charge >= 0.3 is 0 Å². The van der Waals surface area contributed by atoms with Crippen LogP contribution in [-0.4, -0.2) is 15.8 Å². The lowest BCUT2D eigenvalue weighted by atomic mass is 10.1. The molecule has 0 bridgehead atoms. The molecule has 1 aromatic heterocycles. The summed E-state index contributed by atoms with van der Waals surface area (Å²) in [7, 11) is 0. The Bertz CT molecular complexity index is 1000. The Kier molecular flexibility index (Phi) is 5.46. The molecule has 138 valence electrons. The fourth-order valence-electron chi connectivity index (χ4n) is 2.51. The number of carbonyl (C=O) groups excluding carboxylic acids is 1. The standard InChI is InChI=1S/C19H17N3O4S/c1-12-17(7-4-8-18(12)22(24)25)21-19(23)14-5-3-6-16(9-14)26-10-15-11-27-13(2)20-15/h3-9,11H,10H2,1-2H3,(H,21,23). The molecule has 27 heavy (non-hydrogen) atoms. The van der Waals surface area contributed by atoms with Gasteiger partial charge in [0, 0.05) is 17.0 Å². The van der Waals surface area contributed by atoms with E-state index in [4.69, 9.17) is 4.74 Å². The van der Waals surface area contributed by atoms with Crippen molar-refractivity contribution in [1.29, 1.82) is 0 Å². The van der Waals surface area contributed by atoms with Crippen LogP contribution in [0.5, 0.6) is 5.75 Å². The molecule has 0 radical (unpaired) electrons. The van der Waals surface area contributed by atoms with Crippen molar-refractivity contribution in [3.63, 3.8) is 0 Å². The third-order valence-corrected chi connectivity index (χ3v) is 4.72. The van der Waals surface area contributed by atoms with Gasteiger partial charge in [0.05, 0.1) is 26.9 Å². The van der Waals surface area contributed by atoms with Gasteiger partial charge in [-0.3, -0.25) is 14.9 Å². The SMILES string of the molecule is Cc1nc(COc2cccc(C(=O)Nc3cccc([N+](=O)[O-])c3C)c2)cs1. The number of thiazole rings is 1. The molecule has 1 amide bonds. The molecule has 3 rings (SSSR count). The first-order valence-corrected chi connectivity index (χ1v) is 9.01. The first-order valence-electron chi connectivity index (χ1n) is 8.13. The van der Waals surface area contributed by atoms with Gasteiger partial charge < -0.3 is 10.1 Å². The fourth-order valence-corrected chi connectivity index (χ4v) is 3.11. The molecule has 0 saturated heterocycles. The number of carbonyl (C=O) groups is 1. The number of nitro groups is 1. The van der Waals surface area contributed by atoms with Crippen LogP contribution in [0.2, 0.25) is 0 Å². The number of nitrogens with one attached hydrogen (secondary N) is 1. The number of amides is 1. The number of nitrogens with zero attached hydrogens (tertiary/aromatic N) is 2. The maximum absolute atomic E-state index is 12.5. The Morgan fingerprint density at radius 2 is 2.04 bits per heavy atom. The zero-order chi connectivity index (χ0) is 19.4. The zero-order valence-electron chi connectivity index (χ0n) is 14.8. The average Bonchev–Trinajstić information content (AvgIpc) is 3.07. The molecule has 7 nitrogen and oxygen atoms in total. The second-order valence-electron chi connectivity index (χ2n) is 5.84. The van der Waals surface area contributed by atoms with E-state index in [2.05, 4.69) is 10.3 Å². The van der Waals surface area contributed by atoms with Crippen LogP contribution in [-0.2, 0) is 6.61 Å². The summed E-state index contributed by atoms with van der Waals surface area (Å²) in [5.74, 6) is 0.178. The Labute approximate surface area is 159 Å². The number of rotatable bonds is 6. The molecule has 1 N–H and O–H groups in total. The van der Waals surface area contributed by atoms with Crippen molar-refractivity contribution in [2.24, 2.45) is 0 Å². The van der Waals surface area contributed by atoms with Crippen LogP contribution in [0.25, 0.3) is 0 Å². The lowest BCUT2D eigenvalue weighted by Crippen LogP contribution is -2.13. The number of benzene rings is 2. The summed E-state index contributed by atoms with van der Waals surface area (Å²) in [6, 6.07) is 11.3. The third-order valence-electron chi connectivity index (χ3n) is 3.90. The summed E-state index contributed by atoms with van der Waals surface area (Å²) in [6.45, 7) is 3.84. The number of nitro benzene ring substituents is 1. The van der Waals surface area contributed by atoms with E-state index in [0.717, 1.165) is 10.7 Å². The van der Waals surface area contributed by atoms with Gasteiger partial charge in [-0.15, -0.1) is 11.3 Å².